The summed E-state index contributed by atoms with van der Waals surface area (Å²) in [5.74, 6) is 3.61. The quantitative estimate of drug-likeness (QED) is 0.147. The molecule has 0 N–H and O–H groups in total. The Morgan fingerprint density at radius 3 is 1.21 bits per heavy atom. The largest absolute Gasteiger partial charge is 0.352 e. The van der Waals surface area contributed by atoms with Crippen LogP contribution in [0.15, 0.2) is 110 Å². The van der Waals surface area contributed by atoms with Crippen LogP contribution >= 0.6 is 0 Å². The van der Waals surface area contributed by atoms with E-state index in [1.165, 1.54) is 4.52 Å². The minimum Gasteiger partial charge on any atom is -0.309 e. The van der Waals surface area contributed by atoms with Crippen LogP contribution in [0.3, 0.4) is 0 Å². The molecule has 0 aliphatic rings. The van der Waals surface area contributed by atoms with E-state index in [9.17, 15) is 19.2 Å². The predicted octanol–water partition coefficient (Wildman–Crippen LogP) is 11.5. The van der Waals surface area contributed by atoms with E-state index < -0.39 is 0 Å². The average molecular weight is 910 g/mol. The van der Waals surface area contributed by atoms with E-state index in [0.717, 1.165) is 45.0 Å². The molecule has 0 saturated carbocycles. The molecule has 0 amide bonds. The van der Waals surface area contributed by atoms with Crippen LogP contribution in [0.2, 0.25) is 0 Å². The van der Waals surface area contributed by atoms with Gasteiger partial charge in [0.05, 0.1) is 28.0 Å². The third kappa shape index (κ3) is 11.2. The van der Waals surface area contributed by atoms with Gasteiger partial charge in [-0.25, -0.2) is 19.7 Å². The molecule has 0 spiro atoms. The predicted molar refractivity (Wildman–Crippen MR) is 275 cm³/mol. The summed E-state index contributed by atoms with van der Waals surface area (Å²) in [7, 11) is 0. The van der Waals surface area contributed by atoms with Gasteiger partial charge in [-0.15, -0.1) is 0 Å². The lowest BCUT2D eigenvalue weighted by Gasteiger charge is -2.20. The molecule has 0 radical (unpaired) electrons. The number of nitrogens with zero attached hydrogens (tertiary/aromatic N) is 9. The van der Waals surface area contributed by atoms with Crippen molar-refractivity contribution < 1.29 is 0 Å². The SMILES string of the molecule is CC(C)c1cc2ccccc2c(=O)n1C(C)C.CC(C)c1nc2ccccc2c(=O)n1C(C)C.CC(C)c1nc2ccccc2c(=O)n1C(C)C.CC(C)c1nc2ccnn2c(=O)n1C(C)C. The number of hydrogen-bond acceptors (Lipinski definition) is 8. The van der Waals surface area contributed by atoms with Gasteiger partial charge < -0.3 is 4.57 Å². The van der Waals surface area contributed by atoms with Crippen LogP contribution in [0.5, 0.6) is 0 Å². The third-order valence-electron chi connectivity index (χ3n) is 11.4. The number of hydrogen-bond donors (Lipinski definition) is 0. The monoisotopic (exact) mass is 910 g/mol. The van der Waals surface area contributed by atoms with E-state index in [4.69, 9.17) is 0 Å². The molecule has 5 heterocycles. The summed E-state index contributed by atoms with van der Waals surface area (Å²) in [4.78, 5) is 63.2. The second-order valence-electron chi connectivity index (χ2n) is 19.4. The van der Waals surface area contributed by atoms with Crippen molar-refractivity contribution in [2.45, 2.75) is 159 Å². The number of aromatic nitrogens is 9. The Morgan fingerprint density at radius 1 is 0.403 bits per heavy atom. The van der Waals surface area contributed by atoms with E-state index in [0.29, 0.717) is 22.3 Å². The molecule has 0 aliphatic carbocycles. The van der Waals surface area contributed by atoms with Crippen molar-refractivity contribution in [3.05, 3.63) is 156 Å². The van der Waals surface area contributed by atoms with Gasteiger partial charge in [0.15, 0.2) is 5.65 Å². The second-order valence-corrected chi connectivity index (χ2v) is 19.4. The zero-order valence-corrected chi connectivity index (χ0v) is 42.4. The zero-order chi connectivity index (χ0) is 49.6. The van der Waals surface area contributed by atoms with Crippen molar-refractivity contribution in [2.24, 2.45) is 0 Å². The minimum absolute atomic E-state index is 0.0642. The fourth-order valence-corrected chi connectivity index (χ4v) is 8.20. The molecule has 0 atom stereocenters. The first-order valence-corrected chi connectivity index (χ1v) is 23.7. The molecule has 8 rings (SSSR count). The molecule has 5 aromatic heterocycles. The summed E-state index contributed by atoms with van der Waals surface area (Å²) in [6, 6.07) is 27.3. The Morgan fingerprint density at radius 2 is 0.791 bits per heavy atom. The summed E-state index contributed by atoms with van der Waals surface area (Å²) in [5.41, 5.74) is 3.45. The van der Waals surface area contributed by atoms with Crippen molar-refractivity contribution in [3.63, 3.8) is 0 Å². The Balaban J connectivity index is 0.000000167. The van der Waals surface area contributed by atoms with Gasteiger partial charge in [-0.3, -0.25) is 28.1 Å². The van der Waals surface area contributed by atoms with Crippen LogP contribution in [-0.4, -0.2) is 42.8 Å². The van der Waals surface area contributed by atoms with E-state index in [2.05, 4.69) is 81.5 Å². The lowest BCUT2D eigenvalue weighted by molar-refractivity contribution is 0.492. The molecular weight excluding hydrogens is 839 g/mol. The van der Waals surface area contributed by atoms with Crippen molar-refractivity contribution in [2.75, 3.05) is 0 Å². The van der Waals surface area contributed by atoms with E-state index in [-0.39, 0.29) is 64.3 Å². The van der Waals surface area contributed by atoms with E-state index >= 15 is 0 Å². The van der Waals surface area contributed by atoms with Crippen molar-refractivity contribution in [1.82, 2.24) is 42.8 Å². The highest BCUT2D eigenvalue weighted by Crippen LogP contribution is 2.23. The molecule has 0 aliphatic heterocycles. The number of para-hydroxylation sites is 2. The number of rotatable bonds is 8. The molecule has 13 nitrogen and oxygen atoms in total. The molecular formula is C54H71N9O4. The van der Waals surface area contributed by atoms with Gasteiger partial charge in [-0.1, -0.05) is 97.9 Å². The highest BCUT2D eigenvalue weighted by Gasteiger charge is 2.19. The van der Waals surface area contributed by atoms with Crippen LogP contribution in [0.4, 0.5) is 0 Å². The van der Waals surface area contributed by atoms with Gasteiger partial charge in [0.25, 0.3) is 16.7 Å². The Labute approximate surface area is 394 Å². The topological polar surface area (TPSA) is 144 Å². The molecule has 356 valence electrons. The van der Waals surface area contributed by atoms with Gasteiger partial charge in [0, 0.05) is 59.1 Å². The standard InChI is InChI=1S/C15H19NO.2C14H18N2O.C11H16N4O/c1-10(2)14-9-12-7-5-6-8-13(12)15(17)16(14)11(3)4;2*1-9(2)13-15-12-8-6-5-7-11(12)14(17)16(13)10(3)4;1-7(2)10-13-9-5-6-12-15(9)11(16)14(10)8(3)4/h5-11H,1-4H3;2*5-10H,1-4H3;5-8H,1-4H3. The maximum Gasteiger partial charge on any atom is 0.352 e. The molecule has 67 heavy (non-hydrogen) atoms. The molecule has 0 fully saturated rings. The van der Waals surface area contributed by atoms with Gasteiger partial charge in [0.1, 0.15) is 17.5 Å². The molecule has 0 saturated heterocycles. The smallest absolute Gasteiger partial charge is 0.309 e. The number of fused-ring (bicyclic) bond motifs is 4. The summed E-state index contributed by atoms with van der Waals surface area (Å²) in [5, 5.41) is 7.23. The molecule has 13 heteroatoms. The van der Waals surface area contributed by atoms with Crippen LogP contribution in [-0.2, 0) is 0 Å². The highest BCUT2D eigenvalue weighted by molar-refractivity contribution is 5.82. The number of benzene rings is 3. The number of pyridine rings is 1. The third-order valence-corrected chi connectivity index (χ3v) is 11.4. The fourth-order valence-electron chi connectivity index (χ4n) is 8.20. The van der Waals surface area contributed by atoms with Crippen LogP contribution in [0, 0.1) is 0 Å². The lowest BCUT2D eigenvalue weighted by atomic mass is 10.0. The van der Waals surface area contributed by atoms with Crippen molar-refractivity contribution >= 4 is 38.2 Å². The summed E-state index contributed by atoms with van der Waals surface area (Å²) >= 11 is 0. The maximum atomic E-state index is 12.5. The van der Waals surface area contributed by atoms with Gasteiger partial charge in [-0.2, -0.15) is 9.61 Å². The summed E-state index contributed by atoms with van der Waals surface area (Å²) < 4.78 is 8.55. The zero-order valence-electron chi connectivity index (χ0n) is 42.4. The molecule has 0 unspecified atom stereocenters. The molecule has 3 aromatic carbocycles. The van der Waals surface area contributed by atoms with Crippen LogP contribution in [0.25, 0.3) is 38.2 Å². The maximum absolute atomic E-state index is 12.5. The van der Waals surface area contributed by atoms with Crippen LogP contribution in [0.1, 0.15) is 182 Å². The van der Waals surface area contributed by atoms with Gasteiger partial charge in [-0.05, 0) is 103 Å². The first-order chi connectivity index (χ1) is 31.6. The second kappa shape index (κ2) is 21.9. The average Bonchev–Trinajstić information content (AvgIpc) is 3.76. The van der Waals surface area contributed by atoms with E-state index in [1.807, 2.05) is 133 Å². The van der Waals surface area contributed by atoms with Gasteiger partial charge >= 0.3 is 5.69 Å². The Bertz CT molecular complexity index is 2960. The van der Waals surface area contributed by atoms with Crippen molar-refractivity contribution in [1.29, 1.82) is 0 Å². The van der Waals surface area contributed by atoms with Crippen LogP contribution < -0.4 is 22.4 Å². The van der Waals surface area contributed by atoms with Gasteiger partial charge in [0.2, 0.25) is 0 Å². The Kier molecular flexibility index (Phi) is 16.8. The minimum atomic E-state index is -0.117. The summed E-state index contributed by atoms with van der Waals surface area (Å²) in [6.07, 6.45) is 1.60. The Hall–Kier alpha value is -6.50. The lowest BCUT2D eigenvalue weighted by Crippen LogP contribution is -2.33. The van der Waals surface area contributed by atoms with Crippen molar-refractivity contribution in [3.8, 4) is 0 Å². The first kappa shape index (κ1) is 51.5. The highest BCUT2D eigenvalue weighted by atomic mass is 16.2. The normalized spacial score (nSPS) is 11.7. The first-order valence-electron chi connectivity index (χ1n) is 23.7. The van der Waals surface area contributed by atoms with E-state index in [1.54, 1.807) is 26.0 Å². The molecule has 0 bridgehead atoms. The fraction of sp³-hybridized carbons (Fsp3) is 0.444. The molecule has 8 aromatic rings. The summed E-state index contributed by atoms with van der Waals surface area (Å²) in [6.45, 7) is 32.7.